The van der Waals surface area contributed by atoms with E-state index < -0.39 is 33.3 Å². The first-order valence-corrected chi connectivity index (χ1v) is 9.66. The van der Waals surface area contributed by atoms with Crippen LogP contribution in [0, 0.1) is 22.6 Å². The SMILES string of the molecule is CC(C)(C#N)CCCCCc1ccc(O)c(N2C=C(O)NS2(=O)=O)c1F. The molecule has 0 radical (unpaired) electrons. The number of halogens is 1. The number of nitriles is 1. The summed E-state index contributed by atoms with van der Waals surface area (Å²) in [5.74, 6) is -2.05. The number of aliphatic hydroxyl groups is 1. The monoisotopic (exact) mass is 383 g/mol. The molecule has 142 valence electrons. The van der Waals surface area contributed by atoms with Crippen LogP contribution in [0.1, 0.15) is 45.1 Å². The number of nitrogens with zero attached hydrogens (tertiary/aromatic N) is 2. The molecule has 7 nitrogen and oxygen atoms in total. The molecule has 0 aliphatic carbocycles. The average Bonchev–Trinajstić information content (AvgIpc) is 2.81. The molecule has 0 saturated heterocycles. The second kappa shape index (κ2) is 7.41. The van der Waals surface area contributed by atoms with Crippen molar-refractivity contribution in [2.75, 3.05) is 4.31 Å². The zero-order valence-electron chi connectivity index (χ0n) is 14.7. The molecule has 0 bridgehead atoms. The van der Waals surface area contributed by atoms with Crippen LogP contribution in [-0.2, 0) is 16.6 Å². The lowest BCUT2D eigenvalue weighted by molar-refractivity contribution is 0.392. The average molecular weight is 383 g/mol. The summed E-state index contributed by atoms with van der Waals surface area (Å²) in [6, 6.07) is 4.87. The van der Waals surface area contributed by atoms with Gasteiger partial charge in [0.15, 0.2) is 5.82 Å². The van der Waals surface area contributed by atoms with Gasteiger partial charge in [-0.15, -0.1) is 0 Å². The number of phenols is 1. The first kappa shape index (κ1) is 19.8. The summed E-state index contributed by atoms with van der Waals surface area (Å²) in [7, 11) is -4.19. The molecule has 1 aliphatic heterocycles. The minimum Gasteiger partial charge on any atom is -0.506 e. The lowest BCUT2D eigenvalue weighted by Gasteiger charge is -2.18. The van der Waals surface area contributed by atoms with E-state index in [1.54, 1.807) is 4.72 Å². The third-order valence-electron chi connectivity index (χ3n) is 4.18. The van der Waals surface area contributed by atoms with Crippen molar-refractivity contribution in [3.05, 3.63) is 35.6 Å². The highest BCUT2D eigenvalue weighted by atomic mass is 32.2. The van der Waals surface area contributed by atoms with E-state index in [1.165, 1.54) is 12.1 Å². The quantitative estimate of drug-likeness (QED) is 0.626. The predicted octanol–water partition coefficient (Wildman–Crippen LogP) is 3.20. The predicted molar refractivity (Wildman–Crippen MR) is 94.9 cm³/mol. The molecule has 0 spiro atoms. The fourth-order valence-corrected chi connectivity index (χ4v) is 3.75. The van der Waals surface area contributed by atoms with E-state index in [0.717, 1.165) is 25.5 Å². The van der Waals surface area contributed by atoms with Crippen LogP contribution in [-0.4, -0.2) is 18.6 Å². The Morgan fingerprint density at radius 3 is 2.54 bits per heavy atom. The van der Waals surface area contributed by atoms with E-state index >= 15 is 0 Å². The number of aromatic hydroxyl groups is 1. The summed E-state index contributed by atoms with van der Waals surface area (Å²) in [6.07, 6.45) is 4.19. The smallest absolute Gasteiger partial charge is 0.330 e. The molecule has 1 aromatic carbocycles. The molecule has 0 atom stereocenters. The second-order valence-corrected chi connectivity index (χ2v) is 8.43. The van der Waals surface area contributed by atoms with Gasteiger partial charge in [0.2, 0.25) is 5.88 Å². The Kier molecular flexibility index (Phi) is 5.66. The van der Waals surface area contributed by atoms with Crippen LogP contribution in [0.2, 0.25) is 0 Å². The minimum absolute atomic E-state index is 0.271. The highest BCUT2D eigenvalue weighted by Crippen LogP contribution is 2.36. The Morgan fingerprint density at radius 2 is 1.96 bits per heavy atom. The van der Waals surface area contributed by atoms with Gasteiger partial charge in [0.1, 0.15) is 11.4 Å². The minimum atomic E-state index is -4.19. The van der Waals surface area contributed by atoms with Gasteiger partial charge < -0.3 is 10.2 Å². The Morgan fingerprint density at radius 1 is 1.27 bits per heavy atom. The van der Waals surface area contributed by atoms with E-state index in [1.807, 2.05) is 13.8 Å². The van der Waals surface area contributed by atoms with Crippen molar-refractivity contribution in [1.29, 1.82) is 5.26 Å². The van der Waals surface area contributed by atoms with E-state index in [4.69, 9.17) is 5.26 Å². The van der Waals surface area contributed by atoms with Crippen LogP contribution in [0.15, 0.2) is 24.2 Å². The second-order valence-electron chi connectivity index (χ2n) is 6.88. The third-order valence-corrected chi connectivity index (χ3v) is 5.45. The first-order chi connectivity index (χ1) is 12.1. The van der Waals surface area contributed by atoms with Gasteiger partial charge in [-0.1, -0.05) is 18.9 Å². The van der Waals surface area contributed by atoms with E-state index in [-0.39, 0.29) is 11.0 Å². The van der Waals surface area contributed by atoms with Crippen molar-refractivity contribution >= 4 is 15.9 Å². The molecule has 0 amide bonds. The largest absolute Gasteiger partial charge is 0.506 e. The van der Waals surface area contributed by atoms with Crippen LogP contribution in [0.5, 0.6) is 5.75 Å². The van der Waals surface area contributed by atoms with Gasteiger partial charge >= 0.3 is 10.2 Å². The number of nitrogens with one attached hydrogen (secondary N) is 1. The summed E-state index contributed by atoms with van der Waals surface area (Å²) >= 11 is 0. The van der Waals surface area contributed by atoms with Crippen LogP contribution in [0.3, 0.4) is 0 Å². The van der Waals surface area contributed by atoms with Gasteiger partial charge in [-0.25, -0.2) is 13.4 Å². The number of hydrogen-bond donors (Lipinski definition) is 3. The fourth-order valence-electron chi connectivity index (χ4n) is 2.69. The number of anilines is 1. The third kappa shape index (κ3) is 4.38. The molecule has 2 rings (SSSR count). The number of phenolic OH excluding ortho intramolecular Hbond substituents is 1. The molecule has 0 fully saturated rings. The first-order valence-electron chi connectivity index (χ1n) is 8.22. The molecular formula is C17H22FN3O4S. The number of unbranched alkanes of at least 4 members (excludes halogenated alkanes) is 2. The van der Waals surface area contributed by atoms with Crippen molar-refractivity contribution in [3.8, 4) is 11.8 Å². The summed E-state index contributed by atoms with van der Waals surface area (Å²) in [5, 5.41) is 28.2. The van der Waals surface area contributed by atoms with Crippen molar-refractivity contribution in [2.24, 2.45) is 5.41 Å². The van der Waals surface area contributed by atoms with Gasteiger partial charge in [0.05, 0.1) is 17.7 Å². The number of hydrogen-bond acceptors (Lipinski definition) is 5. The Hall–Kier alpha value is -2.47. The van der Waals surface area contributed by atoms with Gasteiger partial charge in [-0.2, -0.15) is 13.7 Å². The summed E-state index contributed by atoms with van der Waals surface area (Å²) in [4.78, 5) is 0. The van der Waals surface area contributed by atoms with Crippen molar-refractivity contribution in [2.45, 2.75) is 46.0 Å². The van der Waals surface area contributed by atoms with Crippen molar-refractivity contribution in [3.63, 3.8) is 0 Å². The maximum absolute atomic E-state index is 14.8. The van der Waals surface area contributed by atoms with E-state index in [2.05, 4.69) is 6.07 Å². The number of benzene rings is 1. The van der Waals surface area contributed by atoms with E-state index in [0.29, 0.717) is 17.1 Å². The van der Waals surface area contributed by atoms with E-state index in [9.17, 15) is 23.0 Å². The molecule has 1 aliphatic rings. The molecule has 1 aromatic rings. The topological polar surface area (TPSA) is 114 Å². The van der Waals surface area contributed by atoms with Gasteiger partial charge in [0, 0.05) is 0 Å². The Balaban J connectivity index is 2.10. The molecule has 0 unspecified atom stereocenters. The summed E-state index contributed by atoms with van der Waals surface area (Å²) < 4.78 is 40.9. The Bertz CT molecular complexity index is 859. The van der Waals surface area contributed by atoms with Crippen LogP contribution < -0.4 is 9.03 Å². The normalized spacial score (nSPS) is 16.1. The fraction of sp³-hybridized carbons (Fsp3) is 0.471. The standard InChI is InChI=1S/C17H22FN3O4S/c1-17(2,11-19)9-5-3-4-6-12-7-8-13(22)16(15(12)18)21-10-14(23)20-26(21,24)25/h7-8,10,20,22-23H,3-6,9H2,1-2H3. The highest BCUT2D eigenvalue weighted by molar-refractivity contribution is 7.91. The number of aliphatic hydroxyl groups excluding tert-OH is 1. The van der Waals surface area contributed by atoms with Gasteiger partial charge in [-0.3, -0.25) is 0 Å². The molecule has 1 heterocycles. The van der Waals surface area contributed by atoms with Crippen molar-refractivity contribution < 1.29 is 23.0 Å². The zero-order chi connectivity index (χ0) is 19.5. The molecule has 3 N–H and O–H groups in total. The maximum Gasteiger partial charge on any atom is 0.330 e. The molecule has 9 heteroatoms. The zero-order valence-corrected chi connectivity index (χ0v) is 15.5. The summed E-state index contributed by atoms with van der Waals surface area (Å²) in [6.45, 7) is 3.73. The van der Waals surface area contributed by atoms with Crippen molar-refractivity contribution in [1.82, 2.24) is 4.72 Å². The van der Waals surface area contributed by atoms with Crippen LogP contribution in [0.25, 0.3) is 0 Å². The Labute approximate surface area is 152 Å². The van der Waals surface area contributed by atoms with Crippen LogP contribution in [0.4, 0.5) is 10.1 Å². The molecule has 0 saturated carbocycles. The molecule has 26 heavy (non-hydrogen) atoms. The number of rotatable bonds is 7. The molecular weight excluding hydrogens is 361 g/mol. The number of aryl methyl sites for hydroxylation is 1. The maximum atomic E-state index is 14.8. The summed E-state index contributed by atoms with van der Waals surface area (Å²) in [5.41, 5.74) is -0.639. The van der Waals surface area contributed by atoms with Gasteiger partial charge in [-0.05, 0) is 44.7 Å². The lowest BCUT2D eigenvalue weighted by Crippen LogP contribution is -2.30. The van der Waals surface area contributed by atoms with Gasteiger partial charge in [0.25, 0.3) is 0 Å². The molecule has 0 aromatic heterocycles. The van der Waals surface area contributed by atoms with Crippen LogP contribution >= 0.6 is 0 Å². The highest BCUT2D eigenvalue weighted by Gasteiger charge is 2.33. The lowest BCUT2D eigenvalue weighted by atomic mass is 9.88.